The zero-order chi connectivity index (χ0) is 12.1. The Bertz CT molecular complexity index is 359. The molecule has 1 rings (SSSR count). The first-order valence-corrected chi connectivity index (χ1v) is 5.79. The highest BCUT2D eigenvalue weighted by Gasteiger charge is 2.06. The second kappa shape index (κ2) is 7.62. The number of anilines is 1. The molecule has 0 radical (unpaired) electrons. The highest BCUT2D eigenvalue weighted by Crippen LogP contribution is 2.06. The van der Waals surface area contributed by atoms with Crippen molar-refractivity contribution in [3.05, 3.63) is 12.4 Å². The quantitative estimate of drug-likeness (QED) is 0.579. The predicted molar refractivity (Wildman–Crippen MR) is 68.3 cm³/mol. The lowest BCUT2D eigenvalue weighted by Crippen LogP contribution is -2.37. The van der Waals surface area contributed by atoms with Crippen LogP contribution < -0.4 is 5.43 Å². The fraction of sp³-hybridized carbons (Fsp3) is 0.625. The van der Waals surface area contributed by atoms with Gasteiger partial charge in [-0.05, 0) is 14.1 Å². The van der Waals surface area contributed by atoms with Gasteiger partial charge in [-0.1, -0.05) is 0 Å². The molecule has 9 heteroatoms. The van der Waals surface area contributed by atoms with Crippen molar-refractivity contribution in [1.82, 2.24) is 19.1 Å². The van der Waals surface area contributed by atoms with Crippen LogP contribution in [0, 0.1) is 0 Å². The Balaban J connectivity index is 0.00000256. The van der Waals surface area contributed by atoms with E-state index in [4.69, 9.17) is 0 Å². The van der Waals surface area contributed by atoms with Crippen LogP contribution in [-0.2, 0) is 18.3 Å². The Morgan fingerprint density at radius 1 is 1.53 bits per heavy atom. The summed E-state index contributed by atoms with van der Waals surface area (Å²) < 4.78 is 24.6. The van der Waals surface area contributed by atoms with Crippen molar-refractivity contribution in [2.45, 2.75) is 0 Å². The summed E-state index contributed by atoms with van der Waals surface area (Å²) in [5.74, 6) is 0. The van der Waals surface area contributed by atoms with E-state index in [1.165, 1.54) is 0 Å². The van der Waals surface area contributed by atoms with Gasteiger partial charge in [-0.25, -0.2) is 0 Å². The second-order valence-corrected chi connectivity index (χ2v) is 4.51. The average molecular weight is 283 g/mol. The molecule has 0 fully saturated rings. The molecule has 7 nitrogen and oxygen atoms in total. The number of likely N-dealkylation sites (N-methyl/N-ethyl adjacent to an activating group) is 1. The van der Waals surface area contributed by atoms with Gasteiger partial charge in [0.25, 0.3) is 0 Å². The highest BCUT2D eigenvalue weighted by molar-refractivity contribution is 7.76. The van der Waals surface area contributed by atoms with Gasteiger partial charge in [0.05, 0.1) is 11.9 Å². The molecule has 0 aromatic carbocycles. The monoisotopic (exact) mass is 282 g/mol. The van der Waals surface area contributed by atoms with Gasteiger partial charge >= 0.3 is 0 Å². The summed E-state index contributed by atoms with van der Waals surface area (Å²) in [5.41, 5.74) is 3.41. The van der Waals surface area contributed by atoms with Gasteiger partial charge in [0, 0.05) is 37.6 Å². The van der Waals surface area contributed by atoms with Crippen LogP contribution in [0.2, 0.25) is 0 Å². The summed E-state index contributed by atoms with van der Waals surface area (Å²) in [6.07, 6.45) is 3.27. The van der Waals surface area contributed by atoms with E-state index in [-0.39, 0.29) is 12.4 Å². The molecule has 0 bridgehead atoms. The van der Waals surface area contributed by atoms with Crippen LogP contribution in [0.15, 0.2) is 12.4 Å². The third-order valence-corrected chi connectivity index (χ3v) is 2.52. The van der Waals surface area contributed by atoms with E-state index in [1.807, 2.05) is 19.0 Å². The minimum atomic E-state index is -2.30. The fourth-order valence-corrected chi connectivity index (χ4v) is 1.49. The van der Waals surface area contributed by atoms with Gasteiger partial charge in [-0.2, -0.15) is 5.10 Å². The van der Waals surface area contributed by atoms with Crippen LogP contribution in [-0.4, -0.2) is 55.0 Å². The molecule has 1 aromatic rings. The number of aryl methyl sites for hydroxylation is 1. The summed E-state index contributed by atoms with van der Waals surface area (Å²) in [4.78, 5) is 1.91. The van der Waals surface area contributed by atoms with Gasteiger partial charge in [0.15, 0.2) is 0 Å². The molecule has 100 valence electrons. The van der Waals surface area contributed by atoms with E-state index in [1.54, 1.807) is 24.1 Å². The standard InChI is InChI=1S/C8H17N5O2S.ClH/c1-11(2)4-5-13(16(14)15)10-8-6-9-12(3)7-8;/h6-7,10H,4-5H2,1-3H3,(H,14,15);1H/p-1. The lowest BCUT2D eigenvalue weighted by atomic mass is 10.6. The largest absolute Gasteiger partial charge is 0.758 e. The minimum Gasteiger partial charge on any atom is -0.758 e. The zero-order valence-corrected chi connectivity index (χ0v) is 11.6. The Kier molecular flexibility index (Phi) is 7.32. The zero-order valence-electron chi connectivity index (χ0n) is 9.99. The lowest BCUT2D eigenvalue weighted by Gasteiger charge is -2.26. The maximum absolute atomic E-state index is 10.9. The van der Waals surface area contributed by atoms with Crippen molar-refractivity contribution in [1.29, 1.82) is 0 Å². The number of rotatable bonds is 6. The molecule has 1 aromatic heterocycles. The smallest absolute Gasteiger partial charge is 0.0879 e. The maximum Gasteiger partial charge on any atom is 0.0879 e. The number of nitrogens with zero attached hydrogens (tertiary/aromatic N) is 4. The molecule has 0 saturated carbocycles. The van der Waals surface area contributed by atoms with E-state index < -0.39 is 11.3 Å². The summed E-state index contributed by atoms with van der Waals surface area (Å²) >= 11 is -2.30. The maximum atomic E-state index is 10.9. The van der Waals surface area contributed by atoms with Crippen molar-refractivity contribution in [2.24, 2.45) is 7.05 Å². The normalized spacial score (nSPS) is 12.6. The Morgan fingerprint density at radius 3 is 2.59 bits per heavy atom. The molecule has 0 aliphatic heterocycles. The highest BCUT2D eigenvalue weighted by atomic mass is 35.5. The van der Waals surface area contributed by atoms with Crippen LogP contribution in [0.3, 0.4) is 0 Å². The van der Waals surface area contributed by atoms with Gasteiger partial charge < -0.3 is 14.9 Å². The Hall–Kier alpha value is -0.670. The van der Waals surface area contributed by atoms with Crippen molar-refractivity contribution in [2.75, 3.05) is 32.6 Å². The van der Waals surface area contributed by atoms with E-state index in [2.05, 4.69) is 10.5 Å². The fourth-order valence-electron chi connectivity index (χ4n) is 1.08. The molecule has 0 spiro atoms. The molecule has 0 aliphatic rings. The number of hydrogen-bond donors (Lipinski definition) is 1. The Labute approximate surface area is 110 Å². The first kappa shape index (κ1) is 16.3. The lowest BCUT2D eigenvalue weighted by molar-refractivity contribution is 0.349. The number of hydrogen-bond acceptors (Lipinski definition) is 5. The third-order valence-electron chi connectivity index (χ3n) is 1.89. The van der Waals surface area contributed by atoms with Gasteiger partial charge in [-0.3, -0.25) is 8.89 Å². The van der Waals surface area contributed by atoms with Crippen molar-refractivity contribution >= 4 is 29.4 Å². The number of halogens is 1. The molecular formula is C8H17ClN5O2S-. The first-order valence-electron chi connectivity index (χ1n) is 4.76. The molecule has 0 saturated heterocycles. The van der Waals surface area contributed by atoms with Crippen molar-refractivity contribution in [3.63, 3.8) is 0 Å². The predicted octanol–water partition coefficient (Wildman–Crippen LogP) is -0.174. The summed E-state index contributed by atoms with van der Waals surface area (Å²) in [6, 6.07) is 0. The second-order valence-electron chi connectivity index (χ2n) is 3.64. The Morgan fingerprint density at radius 2 is 2.18 bits per heavy atom. The van der Waals surface area contributed by atoms with Crippen LogP contribution >= 0.6 is 12.4 Å². The topological polar surface area (TPSA) is 76.5 Å². The minimum absolute atomic E-state index is 0. The van der Waals surface area contributed by atoms with Crippen molar-refractivity contribution < 1.29 is 8.76 Å². The van der Waals surface area contributed by atoms with Crippen LogP contribution in [0.5, 0.6) is 0 Å². The van der Waals surface area contributed by atoms with E-state index in [9.17, 15) is 8.76 Å². The summed E-state index contributed by atoms with van der Waals surface area (Å²) in [7, 11) is 5.54. The van der Waals surface area contributed by atoms with E-state index in [0.717, 1.165) is 4.41 Å². The van der Waals surface area contributed by atoms with Crippen LogP contribution in [0.1, 0.15) is 0 Å². The summed E-state index contributed by atoms with van der Waals surface area (Å²) in [6.45, 7) is 1.01. The van der Waals surface area contributed by atoms with Gasteiger partial charge in [0.1, 0.15) is 0 Å². The molecular weight excluding hydrogens is 266 g/mol. The molecule has 0 amide bonds. The average Bonchev–Trinajstić information content (AvgIpc) is 2.57. The van der Waals surface area contributed by atoms with Crippen LogP contribution in [0.4, 0.5) is 5.69 Å². The SMILES string of the molecule is CN(C)CCN(Nc1cnn(C)c1)S(=O)[O-].Cl. The molecule has 17 heavy (non-hydrogen) atoms. The summed E-state index contributed by atoms with van der Waals surface area (Å²) in [5, 5.41) is 3.94. The molecule has 1 atom stereocenters. The van der Waals surface area contributed by atoms with Crippen LogP contribution in [0.25, 0.3) is 0 Å². The van der Waals surface area contributed by atoms with E-state index >= 15 is 0 Å². The molecule has 1 heterocycles. The number of aromatic nitrogens is 2. The molecule has 1 unspecified atom stereocenters. The van der Waals surface area contributed by atoms with E-state index in [0.29, 0.717) is 18.8 Å². The van der Waals surface area contributed by atoms with Crippen molar-refractivity contribution in [3.8, 4) is 0 Å². The number of nitrogens with one attached hydrogen (secondary N) is 1. The number of hydrazine groups is 1. The molecule has 0 aliphatic carbocycles. The first-order chi connectivity index (χ1) is 7.49. The van der Waals surface area contributed by atoms with Gasteiger partial charge in [-0.15, -0.1) is 16.8 Å². The van der Waals surface area contributed by atoms with Gasteiger partial charge in [0.2, 0.25) is 0 Å². The third kappa shape index (κ3) is 5.99. The molecule has 1 N–H and O–H groups in total.